The third kappa shape index (κ3) is 5.79. The van der Waals surface area contributed by atoms with Crippen LogP contribution in [0.3, 0.4) is 0 Å². The predicted molar refractivity (Wildman–Crippen MR) is 118 cm³/mol. The summed E-state index contributed by atoms with van der Waals surface area (Å²) in [5, 5.41) is 6.78. The molecule has 0 radical (unpaired) electrons. The second kappa shape index (κ2) is 10.4. The van der Waals surface area contributed by atoms with E-state index in [2.05, 4.69) is 46.5 Å². The van der Waals surface area contributed by atoms with E-state index >= 15 is 0 Å². The second-order valence-electron chi connectivity index (χ2n) is 6.63. The van der Waals surface area contributed by atoms with Crippen LogP contribution in [0.5, 0.6) is 0 Å². The lowest BCUT2D eigenvalue weighted by Gasteiger charge is -2.18. The molecule has 0 aliphatic rings. The lowest BCUT2D eigenvalue weighted by molar-refractivity contribution is 0.303. The summed E-state index contributed by atoms with van der Waals surface area (Å²) in [4.78, 5) is 11.8. The molecule has 0 aliphatic heterocycles. The summed E-state index contributed by atoms with van der Waals surface area (Å²) in [7, 11) is 0. The van der Waals surface area contributed by atoms with E-state index < -0.39 is 0 Å². The maximum absolute atomic E-state index is 4.71. The van der Waals surface area contributed by atoms with Gasteiger partial charge < -0.3 is 15.5 Å². The van der Waals surface area contributed by atoms with Crippen molar-refractivity contribution in [3.63, 3.8) is 0 Å². The van der Waals surface area contributed by atoms with E-state index in [1.54, 1.807) is 0 Å². The van der Waals surface area contributed by atoms with Crippen LogP contribution in [0, 0.1) is 0 Å². The highest BCUT2D eigenvalue weighted by atomic mass is 15.1. The average Bonchev–Trinajstić information content (AvgIpc) is 2.75. The molecule has 2 N–H and O–H groups in total. The summed E-state index contributed by atoms with van der Waals surface area (Å²) in [6.07, 6.45) is 1.08. The molecule has 0 amide bonds. The lowest BCUT2D eigenvalue weighted by atomic mass is 10.1. The molecule has 0 bridgehead atoms. The molecule has 146 valence electrons. The van der Waals surface area contributed by atoms with Crippen molar-refractivity contribution in [1.82, 2.24) is 14.9 Å². The molecule has 5 heteroatoms. The number of benzene rings is 2. The van der Waals surface area contributed by atoms with Gasteiger partial charge in [-0.05, 0) is 38.2 Å². The molecule has 0 aliphatic carbocycles. The molecule has 3 rings (SSSR count). The standard InChI is InChI=1S/C23H29N5/c1-3-28(4-2)17-11-16-24-22-18-21(19-12-7-5-8-13-19)26-23(27-22)25-20-14-9-6-10-15-20/h5-10,12-15,18H,3-4,11,16-17H2,1-2H3,(H2,24,25,26,27). The van der Waals surface area contributed by atoms with Crippen molar-refractivity contribution in [3.05, 3.63) is 66.7 Å². The smallest absolute Gasteiger partial charge is 0.229 e. The fraction of sp³-hybridized carbons (Fsp3) is 0.304. The maximum atomic E-state index is 4.71. The van der Waals surface area contributed by atoms with Gasteiger partial charge in [-0.15, -0.1) is 0 Å². The van der Waals surface area contributed by atoms with Crippen molar-refractivity contribution >= 4 is 17.5 Å². The van der Waals surface area contributed by atoms with Gasteiger partial charge in [-0.3, -0.25) is 0 Å². The van der Waals surface area contributed by atoms with Crippen molar-refractivity contribution in [2.24, 2.45) is 0 Å². The van der Waals surface area contributed by atoms with E-state index in [1.165, 1.54) is 0 Å². The Morgan fingerprint density at radius 1 is 0.857 bits per heavy atom. The van der Waals surface area contributed by atoms with Gasteiger partial charge in [-0.25, -0.2) is 4.98 Å². The van der Waals surface area contributed by atoms with Gasteiger partial charge in [0.15, 0.2) is 0 Å². The van der Waals surface area contributed by atoms with Gasteiger partial charge in [0.1, 0.15) is 5.82 Å². The summed E-state index contributed by atoms with van der Waals surface area (Å²) < 4.78 is 0. The van der Waals surface area contributed by atoms with Crippen molar-refractivity contribution in [2.45, 2.75) is 20.3 Å². The first kappa shape index (κ1) is 19.8. The molecule has 1 aromatic heterocycles. The van der Waals surface area contributed by atoms with Crippen molar-refractivity contribution in [3.8, 4) is 11.3 Å². The van der Waals surface area contributed by atoms with Crippen LogP contribution in [0.2, 0.25) is 0 Å². The molecule has 5 nitrogen and oxygen atoms in total. The van der Waals surface area contributed by atoms with Crippen LogP contribution in [0.15, 0.2) is 66.7 Å². The number of nitrogens with one attached hydrogen (secondary N) is 2. The first-order valence-electron chi connectivity index (χ1n) is 10.0. The number of rotatable bonds is 10. The number of aromatic nitrogens is 2. The normalized spacial score (nSPS) is 10.8. The zero-order valence-corrected chi connectivity index (χ0v) is 16.7. The molecule has 0 saturated carbocycles. The van der Waals surface area contributed by atoms with Crippen LogP contribution in [-0.2, 0) is 0 Å². The van der Waals surface area contributed by atoms with Crippen molar-refractivity contribution in [2.75, 3.05) is 36.8 Å². The zero-order chi connectivity index (χ0) is 19.6. The highest BCUT2D eigenvalue weighted by molar-refractivity contribution is 5.66. The number of hydrogen-bond acceptors (Lipinski definition) is 5. The van der Waals surface area contributed by atoms with Crippen LogP contribution in [0.4, 0.5) is 17.5 Å². The summed E-state index contributed by atoms with van der Waals surface area (Å²) in [5.41, 5.74) is 2.95. The fourth-order valence-corrected chi connectivity index (χ4v) is 3.06. The largest absolute Gasteiger partial charge is 0.370 e. The molecule has 0 atom stereocenters. The minimum Gasteiger partial charge on any atom is -0.370 e. The minimum absolute atomic E-state index is 0.596. The summed E-state index contributed by atoms with van der Waals surface area (Å²) >= 11 is 0. The quantitative estimate of drug-likeness (QED) is 0.487. The molecule has 0 fully saturated rings. The lowest BCUT2D eigenvalue weighted by Crippen LogP contribution is -2.25. The van der Waals surface area contributed by atoms with Gasteiger partial charge in [-0.2, -0.15) is 4.98 Å². The Balaban J connectivity index is 1.75. The molecule has 0 unspecified atom stereocenters. The van der Waals surface area contributed by atoms with Crippen molar-refractivity contribution < 1.29 is 0 Å². The monoisotopic (exact) mass is 375 g/mol. The maximum Gasteiger partial charge on any atom is 0.229 e. The number of hydrogen-bond donors (Lipinski definition) is 2. The van der Waals surface area contributed by atoms with E-state index in [0.29, 0.717) is 5.95 Å². The zero-order valence-electron chi connectivity index (χ0n) is 16.7. The molecular weight excluding hydrogens is 346 g/mol. The van der Waals surface area contributed by atoms with Crippen LogP contribution in [0.25, 0.3) is 11.3 Å². The third-order valence-corrected chi connectivity index (χ3v) is 4.68. The van der Waals surface area contributed by atoms with Gasteiger partial charge in [0, 0.05) is 23.9 Å². The number of para-hydroxylation sites is 1. The fourth-order valence-electron chi connectivity index (χ4n) is 3.06. The average molecular weight is 376 g/mol. The van der Waals surface area contributed by atoms with E-state index in [-0.39, 0.29) is 0 Å². The van der Waals surface area contributed by atoms with Gasteiger partial charge in [0.05, 0.1) is 5.69 Å². The molecule has 1 heterocycles. The van der Waals surface area contributed by atoms with E-state index in [1.807, 2.05) is 54.6 Å². The molecule has 28 heavy (non-hydrogen) atoms. The first-order valence-corrected chi connectivity index (χ1v) is 10.0. The van der Waals surface area contributed by atoms with E-state index in [0.717, 1.165) is 55.4 Å². The summed E-state index contributed by atoms with van der Waals surface area (Å²) in [6, 6.07) is 22.2. The molecule has 3 aromatic rings. The van der Waals surface area contributed by atoms with Crippen LogP contribution in [-0.4, -0.2) is 41.0 Å². The Morgan fingerprint density at radius 3 is 2.21 bits per heavy atom. The molecule has 0 saturated heterocycles. The number of anilines is 3. The minimum atomic E-state index is 0.596. The predicted octanol–water partition coefficient (Wildman–Crippen LogP) is 5.03. The Morgan fingerprint density at radius 2 is 1.54 bits per heavy atom. The van der Waals surface area contributed by atoms with E-state index in [4.69, 9.17) is 4.98 Å². The highest BCUT2D eigenvalue weighted by Crippen LogP contribution is 2.23. The Labute approximate surface area is 167 Å². The summed E-state index contributed by atoms with van der Waals surface area (Å²) in [6.45, 7) is 8.56. The van der Waals surface area contributed by atoms with Gasteiger partial charge in [0.25, 0.3) is 0 Å². The van der Waals surface area contributed by atoms with E-state index in [9.17, 15) is 0 Å². The topological polar surface area (TPSA) is 53.1 Å². The van der Waals surface area contributed by atoms with Gasteiger partial charge in [-0.1, -0.05) is 62.4 Å². The Bertz CT molecular complexity index is 832. The SMILES string of the molecule is CCN(CC)CCCNc1cc(-c2ccccc2)nc(Nc2ccccc2)n1. The van der Waals surface area contributed by atoms with Gasteiger partial charge in [0.2, 0.25) is 5.95 Å². The van der Waals surface area contributed by atoms with Crippen LogP contribution in [0.1, 0.15) is 20.3 Å². The number of nitrogens with zero attached hydrogens (tertiary/aromatic N) is 3. The summed E-state index contributed by atoms with van der Waals surface area (Å²) in [5.74, 6) is 1.44. The van der Waals surface area contributed by atoms with Crippen LogP contribution >= 0.6 is 0 Å². The van der Waals surface area contributed by atoms with Gasteiger partial charge >= 0.3 is 0 Å². The third-order valence-electron chi connectivity index (χ3n) is 4.68. The molecule has 0 spiro atoms. The second-order valence-corrected chi connectivity index (χ2v) is 6.63. The van der Waals surface area contributed by atoms with Crippen LogP contribution < -0.4 is 10.6 Å². The Hall–Kier alpha value is -2.92. The molecule has 2 aromatic carbocycles. The van der Waals surface area contributed by atoms with Crippen molar-refractivity contribution in [1.29, 1.82) is 0 Å². The highest BCUT2D eigenvalue weighted by Gasteiger charge is 2.07. The molecular formula is C23H29N5. The first-order chi connectivity index (χ1) is 13.8. The Kier molecular flexibility index (Phi) is 7.38.